The van der Waals surface area contributed by atoms with Gasteiger partial charge in [0.1, 0.15) is 5.75 Å². The number of methoxy groups -OCH3 is 1. The van der Waals surface area contributed by atoms with Crippen molar-refractivity contribution in [1.29, 1.82) is 0 Å². The minimum absolute atomic E-state index is 0.384. The smallest absolute Gasteiger partial charge is 0.118 e. The minimum atomic E-state index is -0.384. The number of benzene rings is 1. The number of thioether (sulfide) groups is 1. The maximum Gasteiger partial charge on any atom is 0.118 e. The fourth-order valence-corrected chi connectivity index (χ4v) is 2.23. The van der Waals surface area contributed by atoms with Gasteiger partial charge in [0.2, 0.25) is 0 Å². The predicted molar refractivity (Wildman–Crippen MR) is 70.2 cm³/mol. The molecular formula is C13H20O2S. The molecule has 16 heavy (non-hydrogen) atoms. The fraction of sp³-hybridized carbons (Fsp3) is 0.538. The van der Waals surface area contributed by atoms with Crippen LogP contribution >= 0.6 is 11.8 Å². The van der Waals surface area contributed by atoms with E-state index >= 15 is 0 Å². The van der Waals surface area contributed by atoms with Crippen LogP contribution in [-0.4, -0.2) is 23.2 Å². The zero-order chi connectivity index (χ0) is 12.0. The van der Waals surface area contributed by atoms with Gasteiger partial charge >= 0.3 is 0 Å². The lowest BCUT2D eigenvalue weighted by Crippen LogP contribution is -2.04. The Morgan fingerprint density at radius 2 is 1.94 bits per heavy atom. The maximum atomic E-state index is 9.97. The molecule has 0 bridgehead atoms. The molecule has 0 saturated carbocycles. The average molecular weight is 240 g/mol. The maximum absolute atomic E-state index is 9.97. The molecule has 0 aliphatic heterocycles. The van der Waals surface area contributed by atoms with Crippen LogP contribution in [0.25, 0.3) is 0 Å². The van der Waals surface area contributed by atoms with E-state index in [-0.39, 0.29) is 6.10 Å². The number of aliphatic hydroxyl groups is 1. The molecule has 2 nitrogen and oxygen atoms in total. The summed E-state index contributed by atoms with van der Waals surface area (Å²) < 4.78 is 5.08. The van der Waals surface area contributed by atoms with E-state index in [0.717, 1.165) is 23.5 Å². The number of aliphatic hydroxyl groups excluding tert-OH is 1. The van der Waals surface area contributed by atoms with Crippen molar-refractivity contribution in [3.05, 3.63) is 29.8 Å². The van der Waals surface area contributed by atoms with Crippen LogP contribution in [0.15, 0.2) is 24.3 Å². The van der Waals surface area contributed by atoms with E-state index < -0.39 is 0 Å². The summed E-state index contributed by atoms with van der Waals surface area (Å²) in [6, 6.07) is 7.60. The Kier molecular flexibility index (Phi) is 5.71. The van der Waals surface area contributed by atoms with Crippen molar-refractivity contribution < 1.29 is 9.84 Å². The molecule has 1 rings (SSSR count). The van der Waals surface area contributed by atoms with Crippen molar-refractivity contribution in [2.45, 2.75) is 31.6 Å². The molecule has 0 aliphatic carbocycles. The third kappa shape index (κ3) is 4.06. The molecule has 2 atom stereocenters. The van der Waals surface area contributed by atoms with Crippen molar-refractivity contribution in [3.8, 4) is 5.75 Å². The van der Waals surface area contributed by atoms with E-state index in [4.69, 9.17) is 4.74 Å². The normalized spacial score (nSPS) is 14.5. The standard InChI is InChI=1S/C13H20O2S/c1-4-10(2)16-9-13(14)11-5-7-12(15-3)8-6-11/h5-8,10,13-14H,4,9H2,1-3H3. The molecule has 1 N–H and O–H groups in total. The van der Waals surface area contributed by atoms with E-state index in [1.807, 2.05) is 36.0 Å². The van der Waals surface area contributed by atoms with Crippen LogP contribution in [-0.2, 0) is 0 Å². The molecule has 0 radical (unpaired) electrons. The first kappa shape index (κ1) is 13.4. The molecule has 1 aromatic carbocycles. The summed E-state index contributed by atoms with van der Waals surface area (Å²) in [5, 5.41) is 10.6. The fourth-order valence-electron chi connectivity index (χ4n) is 1.30. The van der Waals surface area contributed by atoms with Gasteiger partial charge in [0.05, 0.1) is 13.2 Å². The Bertz CT molecular complexity index is 297. The molecule has 0 aromatic heterocycles. The summed E-state index contributed by atoms with van der Waals surface area (Å²) >= 11 is 1.81. The van der Waals surface area contributed by atoms with Crippen molar-refractivity contribution in [2.75, 3.05) is 12.9 Å². The lowest BCUT2D eigenvalue weighted by molar-refractivity contribution is 0.204. The van der Waals surface area contributed by atoms with Crippen molar-refractivity contribution in [3.63, 3.8) is 0 Å². The minimum Gasteiger partial charge on any atom is -0.497 e. The molecule has 2 unspecified atom stereocenters. The van der Waals surface area contributed by atoms with Gasteiger partial charge in [0.25, 0.3) is 0 Å². The first-order valence-corrected chi connectivity index (χ1v) is 6.65. The van der Waals surface area contributed by atoms with Gasteiger partial charge < -0.3 is 9.84 Å². The highest BCUT2D eigenvalue weighted by atomic mass is 32.2. The highest BCUT2D eigenvalue weighted by Crippen LogP contribution is 2.24. The lowest BCUT2D eigenvalue weighted by atomic mass is 10.1. The molecule has 0 spiro atoms. The third-order valence-corrected chi connectivity index (χ3v) is 4.02. The molecule has 3 heteroatoms. The quantitative estimate of drug-likeness (QED) is 0.827. The van der Waals surface area contributed by atoms with Gasteiger partial charge in [0, 0.05) is 11.0 Å². The van der Waals surface area contributed by atoms with Gasteiger partial charge in [0.15, 0.2) is 0 Å². The Hall–Kier alpha value is -0.670. The zero-order valence-electron chi connectivity index (χ0n) is 10.1. The monoisotopic (exact) mass is 240 g/mol. The van der Waals surface area contributed by atoms with Crippen LogP contribution in [0.4, 0.5) is 0 Å². The van der Waals surface area contributed by atoms with Crippen molar-refractivity contribution in [2.24, 2.45) is 0 Å². The first-order chi connectivity index (χ1) is 7.67. The highest BCUT2D eigenvalue weighted by Gasteiger charge is 2.09. The Labute approximate surface area is 102 Å². The summed E-state index contributed by atoms with van der Waals surface area (Å²) in [6.45, 7) is 4.35. The summed E-state index contributed by atoms with van der Waals surface area (Å²) in [5.74, 6) is 1.58. The van der Waals surface area contributed by atoms with E-state index in [0.29, 0.717) is 5.25 Å². The van der Waals surface area contributed by atoms with Crippen LogP contribution in [0, 0.1) is 0 Å². The molecular weight excluding hydrogens is 220 g/mol. The SMILES string of the molecule is CCC(C)SCC(O)c1ccc(OC)cc1. The van der Waals surface area contributed by atoms with Crippen LogP contribution in [0.3, 0.4) is 0 Å². The topological polar surface area (TPSA) is 29.5 Å². The second-order valence-electron chi connectivity index (χ2n) is 3.84. The molecule has 1 aromatic rings. The Balaban J connectivity index is 2.49. The second kappa shape index (κ2) is 6.81. The van der Waals surface area contributed by atoms with Crippen LogP contribution in [0.2, 0.25) is 0 Å². The summed E-state index contributed by atoms with van der Waals surface area (Å²) in [6.07, 6.45) is 0.755. The first-order valence-electron chi connectivity index (χ1n) is 5.61. The number of hydrogen-bond acceptors (Lipinski definition) is 3. The molecule has 0 saturated heterocycles. The zero-order valence-corrected chi connectivity index (χ0v) is 11.0. The number of rotatable bonds is 6. The van der Waals surface area contributed by atoms with Gasteiger partial charge in [-0.1, -0.05) is 26.0 Å². The van der Waals surface area contributed by atoms with Crippen LogP contribution in [0.1, 0.15) is 31.9 Å². The largest absolute Gasteiger partial charge is 0.497 e. The van der Waals surface area contributed by atoms with Crippen LogP contribution in [0.5, 0.6) is 5.75 Å². The van der Waals surface area contributed by atoms with Gasteiger partial charge in [-0.15, -0.1) is 0 Å². The van der Waals surface area contributed by atoms with E-state index in [2.05, 4.69) is 13.8 Å². The third-order valence-electron chi connectivity index (χ3n) is 2.61. The molecule has 0 amide bonds. The van der Waals surface area contributed by atoms with Gasteiger partial charge in [-0.05, 0) is 24.1 Å². The summed E-state index contributed by atoms with van der Waals surface area (Å²) in [5.41, 5.74) is 0.955. The lowest BCUT2D eigenvalue weighted by Gasteiger charge is -2.14. The van der Waals surface area contributed by atoms with Crippen LogP contribution < -0.4 is 4.74 Å². The second-order valence-corrected chi connectivity index (χ2v) is 5.31. The Morgan fingerprint density at radius 1 is 1.31 bits per heavy atom. The summed E-state index contributed by atoms with van der Waals surface area (Å²) in [7, 11) is 1.64. The molecule has 0 fully saturated rings. The highest BCUT2D eigenvalue weighted by molar-refractivity contribution is 7.99. The predicted octanol–water partition coefficient (Wildman–Crippen LogP) is 3.26. The molecule has 90 valence electrons. The number of ether oxygens (including phenoxy) is 1. The number of hydrogen-bond donors (Lipinski definition) is 1. The van der Waals surface area contributed by atoms with E-state index in [9.17, 15) is 5.11 Å². The van der Waals surface area contributed by atoms with Gasteiger partial charge in [-0.2, -0.15) is 11.8 Å². The summed E-state index contributed by atoms with van der Waals surface area (Å²) in [4.78, 5) is 0. The Morgan fingerprint density at radius 3 is 2.44 bits per heavy atom. The van der Waals surface area contributed by atoms with E-state index in [1.54, 1.807) is 7.11 Å². The molecule has 0 heterocycles. The van der Waals surface area contributed by atoms with Crippen molar-refractivity contribution >= 4 is 11.8 Å². The van der Waals surface area contributed by atoms with Crippen molar-refractivity contribution in [1.82, 2.24) is 0 Å². The molecule has 0 aliphatic rings. The van der Waals surface area contributed by atoms with E-state index in [1.165, 1.54) is 0 Å². The average Bonchev–Trinajstić information content (AvgIpc) is 2.35. The van der Waals surface area contributed by atoms with Gasteiger partial charge in [-0.3, -0.25) is 0 Å². The van der Waals surface area contributed by atoms with Gasteiger partial charge in [-0.25, -0.2) is 0 Å².